The summed E-state index contributed by atoms with van der Waals surface area (Å²) in [5.74, 6) is 0.550. The Hall–Kier alpha value is -2.07. The lowest BCUT2D eigenvalue weighted by molar-refractivity contribution is -0.116. The smallest absolute Gasteiger partial charge is 0.244 e. The van der Waals surface area contributed by atoms with Crippen molar-refractivity contribution in [3.05, 3.63) is 42.2 Å². The summed E-state index contributed by atoms with van der Waals surface area (Å²) in [5, 5.41) is 3.84. The Labute approximate surface area is 124 Å². The number of hydrogen-bond donors (Lipinski definition) is 1. The number of ether oxygens (including phenoxy) is 1. The average Bonchev–Trinajstić information content (AvgIpc) is 2.87. The van der Waals surface area contributed by atoms with Crippen molar-refractivity contribution in [3.63, 3.8) is 0 Å². The summed E-state index contributed by atoms with van der Waals surface area (Å²) in [6.07, 6.45) is 4.21. The van der Waals surface area contributed by atoms with E-state index in [9.17, 15) is 4.79 Å². The lowest BCUT2D eigenvalue weighted by Gasteiger charge is -2.07. The molecule has 0 spiro atoms. The van der Waals surface area contributed by atoms with Gasteiger partial charge in [-0.15, -0.1) is 0 Å². The van der Waals surface area contributed by atoms with Crippen LogP contribution in [0.15, 0.2) is 40.8 Å². The van der Waals surface area contributed by atoms with Crippen molar-refractivity contribution in [3.8, 4) is 0 Å². The summed E-state index contributed by atoms with van der Waals surface area (Å²) in [6.45, 7) is 5.25. The largest absolute Gasteiger partial charge is 0.457 e. The van der Waals surface area contributed by atoms with Gasteiger partial charge in [0.05, 0.1) is 6.10 Å². The molecule has 1 aromatic heterocycles. The van der Waals surface area contributed by atoms with Gasteiger partial charge in [0.15, 0.2) is 0 Å². The van der Waals surface area contributed by atoms with Gasteiger partial charge >= 0.3 is 0 Å². The summed E-state index contributed by atoms with van der Waals surface area (Å²) in [6, 6.07) is 9.67. The third-order valence-electron chi connectivity index (χ3n) is 2.92. The minimum absolute atomic E-state index is 0.125. The van der Waals surface area contributed by atoms with Gasteiger partial charge < -0.3 is 14.5 Å². The zero-order valence-corrected chi connectivity index (χ0v) is 12.5. The number of furan rings is 1. The summed E-state index contributed by atoms with van der Waals surface area (Å²) >= 11 is 0. The lowest BCUT2D eigenvalue weighted by atomic mass is 10.2. The standard InChI is InChI=1S/C17H21NO3/c1-13(2)20-11-5-10-18-17(19)9-8-15-12-14-6-3-4-7-16(14)21-15/h3-4,6-9,12-13H,5,10-11H2,1-2H3,(H,18,19)/b9-8+. The monoisotopic (exact) mass is 287 g/mol. The zero-order valence-electron chi connectivity index (χ0n) is 12.5. The Morgan fingerprint density at radius 3 is 2.95 bits per heavy atom. The molecule has 0 aliphatic carbocycles. The van der Waals surface area contributed by atoms with E-state index in [0.717, 1.165) is 17.4 Å². The van der Waals surface area contributed by atoms with Crippen molar-refractivity contribution in [2.24, 2.45) is 0 Å². The molecule has 0 saturated carbocycles. The number of rotatable bonds is 7. The van der Waals surface area contributed by atoms with Crippen LogP contribution in [-0.4, -0.2) is 25.2 Å². The van der Waals surface area contributed by atoms with E-state index in [1.165, 1.54) is 6.08 Å². The van der Waals surface area contributed by atoms with E-state index < -0.39 is 0 Å². The van der Waals surface area contributed by atoms with E-state index in [1.807, 2.05) is 44.2 Å². The van der Waals surface area contributed by atoms with Crippen LogP contribution in [-0.2, 0) is 9.53 Å². The van der Waals surface area contributed by atoms with Gasteiger partial charge in [-0.2, -0.15) is 0 Å². The first-order chi connectivity index (χ1) is 10.1. The summed E-state index contributed by atoms with van der Waals surface area (Å²) in [7, 11) is 0. The van der Waals surface area contributed by atoms with Gasteiger partial charge in [0.1, 0.15) is 11.3 Å². The van der Waals surface area contributed by atoms with Crippen LogP contribution in [0.5, 0.6) is 0 Å². The first-order valence-electron chi connectivity index (χ1n) is 7.21. The van der Waals surface area contributed by atoms with Gasteiger partial charge in [-0.1, -0.05) is 18.2 Å². The third-order valence-corrected chi connectivity index (χ3v) is 2.92. The molecule has 1 amide bonds. The molecular formula is C17H21NO3. The van der Waals surface area contributed by atoms with Crippen molar-refractivity contribution >= 4 is 23.0 Å². The molecule has 0 fully saturated rings. The highest BCUT2D eigenvalue weighted by Gasteiger charge is 2.01. The maximum Gasteiger partial charge on any atom is 0.244 e. The second kappa shape index (κ2) is 7.64. The van der Waals surface area contributed by atoms with Crippen molar-refractivity contribution in [1.29, 1.82) is 0 Å². The van der Waals surface area contributed by atoms with E-state index in [-0.39, 0.29) is 12.0 Å². The molecule has 1 aromatic carbocycles. The van der Waals surface area contributed by atoms with Crippen molar-refractivity contribution < 1.29 is 13.9 Å². The van der Waals surface area contributed by atoms with Gasteiger partial charge in [0, 0.05) is 24.6 Å². The predicted octanol–water partition coefficient (Wildman–Crippen LogP) is 3.38. The molecule has 0 radical (unpaired) electrons. The quantitative estimate of drug-likeness (QED) is 0.627. The number of para-hydroxylation sites is 1. The molecule has 0 atom stereocenters. The molecule has 4 nitrogen and oxygen atoms in total. The minimum atomic E-state index is -0.125. The number of nitrogens with one attached hydrogen (secondary N) is 1. The van der Waals surface area contributed by atoms with E-state index in [0.29, 0.717) is 18.9 Å². The number of hydrogen-bond acceptors (Lipinski definition) is 3. The van der Waals surface area contributed by atoms with Gasteiger partial charge in [0.25, 0.3) is 0 Å². The number of benzene rings is 1. The molecule has 0 unspecified atom stereocenters. The van der Waals surface area contributed by atoms with Crippen molar-refractivity contribution in [1.82, 2.24) is 5.32 Å². The van der Waals surface area contributed by atoms with Crippen LogP contribution in [0, 0.1) is 0 Å². The molecule has 0 saturated heterocycles. The predicted molar refractivity (Wildman–Crippen MR) is 84.0 cm³/mol. The van der Waals surface area contributed by atoms with E-state index in [2.05, 4.69) is 5.32 Å². The van der Waals surface area contributed by atoms with Crippen LogP contribution in [0.25, 0.3) is 17.0 Å². The number of carbonyl (C=O) groups excluding carboxylic acids is 1. The second-order valence-corrected chi connectivity index (χ2v) is 5.08. The summed E-state index contributed by atoms with van der Waals surface area (Å²) < 4.78 is 11.0. The zero-order chi connectivity index (χ0) is 15.1. The number of carbonyl (C=O) groups is 1. The fourth-order valence-electron chi connectivity index (χ4n) is 1.90. The van der Waals surface area contributed by atoms with Crippen LogP contribution in [0.3, 0.4) is 0 Å². The van der Waals surface area contributed by atoms with E-state index in [4.69, 9.17) is 9.15 Å². The highest BCUT2D eigenvalue weighted by Crippen LogP contribution is 2.19. The Morgan fingerprint density at radius 2 is 2.19 bits per heavy atom. The molecular weight excluding hydrogens is 266 g/mol. The van der Waals surface area contributed by atoms with Crippen LogP contribution in [0.2, 0.25) is 0 Å². The van der Waals surface area contributed by atoms with Crippen LogP contribution in [0.1, 0.15) is 26.0 Å². The number of amides is 1. The van der Waals surface area contributed by atoms with E-state index >= 15 is 0 Å². The van der Waals surface area contributed by atoms with Crippen LogP contribution < -0.4 is 5.32 Å². The molecule has 4 heteroatoms. The highest BCUT2D eigenvalue weighted by atomic mass is 16.5. The summed E-state index contributed by atoms with van der Waals surface area (Å²) in [5.41, 5.74) is 0.823. The Bertz CT molecular complexity index is 580. The fraction of sp³-hybridized carbons (Fsp3) is 0.353. The topological polar surface area (TPSA) is 51.5 Å². The van der Waals surface area contributed by atoms with Crippen molar-refractivity contribution in [2.45, 2.75) is 26.4 Å². The van der Waals surface area contributed by atoms with E-state index in [1.54, 1.807) is 6.08 Å². The SMILES string of the molecule is CC(C)OCCCNC(=O)/C=C/c1cc2ccccc2o1. The normalized spacial score (nSPS) is 11.6. The highest BCUT2D eigenvalue weighted by molar-refractivity contribution is 5.92. The molecule has 2 aromatic rings. The molecule has 0 bridgehead atoms. The molecule has 1 N–H and O–H groups in total. The summed E-state index contributed by atoms with van der Waals surface area (Å²) in [4.78, 5) is 11.6. The lowest BCUT2D eigenvalue weighted by Crippen LogP contribution is -2.23. The molecule has 21 heavy (non-hydrogen) atoms. The average molecular weight is 287 g/mol. The van der Waals surface area contributed by atoms with Gasteiger partial charge in [0.2, 0.25) is 5.91 Å². The van der Waals surface area contributed by atoms with Crippen LogP contribution in [0.4, 0.5) is 0 Å². The first-order valence-corrected chi connectivity index (χ1v) is 7.21. The first kappa shape index (κ1) is 15.3. The van der Waals surface area contributed by atoms with Crippen LogP contribution >= 0.6 is 0 Å². The second-order valence-electron chi connectivity index (χ2n) is 5.08. The Kier molecular flexibility index (Phi) is 5.58. The third kappa shape index (κ3) is 5.08. The van der Waals surface area contributed by atoms with Gasteiger partial charge in [-0.05, 0) is 38.5 Å². The van der Waals surface area contributed by atoms with Gasteiger partial charge in [-0.3, -0.25) is 4.79 Å². The molecule has 0 aliphatic heterocycles. The molecule has 1 heterocycles. The molecule has 0 aliphatic rings. The maximum absolute atomic E-state index is 11.6. The Morgan fingerprint density at radius 1 is 1.38 bits per heavy atom. The van der Waals surface area contributed by atoms with Crippen molar-refractivity contribution in [2.75, 3.05) is 13.2 Å². The minimum Gasteiger partial charge on any atom is -0.457 e. The molecule has 112 valence electrons. The fourth-order valence-corrected chi connectivity index (χ4v) is 1.90. The number of fused-ring (bicyclic) bond motifs is 1. The maximum atomic E-state index is 11.6. The Balaban J connectivity index is 1.76. The molecule has 2 rings (SSSR count). The van der Waals surface area contributed by atoms with Gasteiger partial charge in [-0.25, -0.2) is 0 Å².